The zero-order chi connectivity index (χ0) is 14.7. The van der Waals surface area contributed by atoms with Gasteiger partial charge in [-0.05, 0) is 84.0 Å². The lowest BCUT2D eigenvalue weighted by atomic mass is 9.60. The molecule has 11 atom stereocenters. The molecule has 0 N–H and O–H groups in total. The second kappa shape index (κ2) is 4.00. The maximum absolute atomic E-state index is 2.66. The van der Waals surface area contributed by atoms with E-state index in [1.165, 1.54) is 41.0 Å². The Balaban J connectivity index is 1.50. The molecule has 5 saturated carbocycles. The SMILES string of the molecule is CC1C(C)C2CC1C1C3CC(C21)C1C3CCC1[Si](C)(C)C. The van der Waals surface area contributed by atoms with Crippen LogP contribution in [0.3, 0.4) is 0 Å². The molecule has 0 aliphatic heterocycles. The smallest absolute Gasteiger partial charge is 0.0476 e. The molecule has 4 bridgehead atoms. The number of fused-ring (bicyclic) bond motifs is 12. The lowest BCUT2D eigenvalue weighted by Crippen LogP contribution is -2.44. The van der Waals surface area contributed by atoms with Gasteiger partial charge in [-0.3, -0.25) is 0 Å². The van der Waals surface area contributed by atoms with Crippen LogP contribution in [0.25, 0.3) is 0 Å². The standard InChI is InChI=1S/C20H34Si/c1-10-11(2)14-8-13(10)19-15-9-16(20(14)19)18-12(15)6-7-17(18)21(3,4)5/h10-20H,6-9H2,1-5H3. The van der Waals surface area contributed by atoms with E-state index in [1.54, 1.807) is 25.7 Å². The monoisotopic (exact) mass is 302 g/mol. The highest BCUT2D eigenvalue weighted by Crippen LogP contribution is 2.76. The quantitative estimate of drug-likeness (QED) is 0.441. The van der Waals surface area contributed by atoms with Crippen LogP contribution in [0.5, 0.6) is 0 Å². The normalized spacial score (nSPS) is 64.1. The predicted octanol–water partition coefficient (Wildman–Crippen LogP) is 5.53. The molecule has 0 amide bonds. The van der Waals surface area contributed by atoms with Crippen LogP contribution in [0.15, 0.2) is 0 Å². The lowest BCUT2D eigenvalue weighted by Gasteiger charge is -2.47. The summed E-state index contributed by atoms with van der Waals surface area (Å²) in [4.78, 5) is 0. The van der Waals surface area contributed by atoms with Crippen molar-refractivity contribution in [2.75, 3.05) is 0 Å². The Hall–Kier alpha value is 0.217. The van der Waals surface area contributed by atoms with Crippen molar-refractivity contribution >= 4 is 8.07 Å². The van der Waals surface area contributed by atoms with Crippen molar-refractivity contribution in [3.63, 3.8) is 0 Å². The van der Waals surface area contributed by atoms with E-state index < -0.39 is 8.07 Å². The average Bonchev–Trinajstić information content (AvgIpc) is 3.11. The summed E-state index contributed by atoms with van der Waals surface area (Å²) in [7, 11) is -0.943. The Morgan fingerprint density at radius 1 is 0.619 bits per heavy atom. The molecule has 118 valence electrons. The third-order valence-electron chi connectivity index (χ3n) is 9.62. The molecule has 5 rings (SSSR count). The first-order valence-electron chi connectivity index (χ1n) is 9.89. The first kappa shape index (κ1) is 13.6. The Labute approximate surface area is 132 Å². The Morgan fingerprint density at radius 3 is 1.81 bits per heavy atom. The summed E-state index contributed by atoms with van der Waals surface area (Å²) < 4.78 is 0. The minimum Gasteiger partial charge on any atom is -0.0693 e. The van der Waals surface area contributed by atoms with Crippen molar-refractivity contribution in [3.05, 3.63) is 0 Å². The van der Waals surface area contributed by atoms with Gasteiger partial charge in [0.1, 0.15) is 0 Å². The van der Waals surface area contributed by atoms with Crippen LogP contribution in [0.1, 0.15) is 39.5 Å². The van der Waals surface area contributed by atoms with Crippen LogP contribution in [0.2, 0.25) is 25.2 Å². The second-order valence-electron chi connectivity index (χ2n) is 10.8. The number of hydrogen-bond acceptors (Lipinski definition) is 0. The van der Waals surface area contributed by atoms with Gasteiger partial charge >= 0.3 is 0 Å². The molecule has 0 radical (unpaired) electrons. The summed E-state index contributed by atoms with van der Waals surface area (Å²) in [6.07, 6.45) is 6.52. The van der Waals surface area contributed by atoms with Gasteiger partial charge in [0.2, 0.25) is 0 Å². The molecule has 0 saturated heterocycles. The van der Waals surface area contributed by atoms with Crippen molar-refractivity contribution in [1.82, 2.24) is 0 Å². The van der Waals surface area contributed by atoms with E-state index in [0.717, 1.165) is 23.7 Å². The van der Waals surface area contributed by atoms with E-state index >= 15 is 0 Å². The van der Waals surface area contributed by atoms with Crippen LogP contribution < -0.4 is 0 Å². The van der Waals surface area contributed by atoms with Gasteiger partial charge in [-0.15, -0.1) is 0 Å². The summed E-state index contributed by atoms with van der Waals surface area (Å²) in [6.45, 7) is 13.2. The zero-order valence-corrected chi connectivity index (χ0v) is 15.7. The predicted molar refractivity (Wildman–Crippen MR) is 91.8 cm³/mol. The molecular formula is C20H34Si. The third kappa shape index (κ3) is 1.48. The van der Waals surface area contributed by atoms with E-state index in [0.29, 0.717) is 0 Å². The van der Waals surface area contributed by atoms with Gasteiger partial charge in [0.05, 0.1) is 0 Å². The van der Waals surface area contributed by atoms with Crippen molar-refractivity contribution in [2.24, 2.45) is 59.2 Å². The van der Waals surface area contributed by atoms with Crippen molar-refractivity contribution < 1.29 is 0 Å². The topological polar surface area (TPSA) is 0 Å². The summed E-state index contributed by atoms with van der Waals surface area (Å²) in [6, 6.07) is 0. The molecule has 0 heterocycles. The fraction of sp³-hybridized carbons (Fsp3) is 1.00. The minimum atomic E-state index is -0.943. The Morgan fingerprint density at radius 2 is 1.19 bits per heavy atom. The largest absolute Gasteiger partial charge is 0.0693 e. The van der Waals surface area contributed by atoms with Crippen LogP contribution in [-0.4, -0.2) is 8.07 Å². The number of rotatable bonds is 1. The Kier molecular flexibility index (Phi) is 2.60. The zero-order valence-electron chi connectivity index (χ0n) is 14.7. The van der Waals surface area contributed by atoms with Gasteiger partial charge in [0.25, 0.3) is 0 Å². The van der Waals surface area contributed by atoms with E-state index in [-0.39, 0.29) is 0 Å². The fourth-order valence-electron chi connectivity index (χ4n) is 9.00. The summed E-state index contributed by atoms with van der Waals surface area (Å²) >= 11 is 0. The molecule has 21 heavy (non-hydrogen) atoms. The van der Waals surface area contributed by atoms with Crippen LogP contribution in [-0.2, 0) is 0 Å². The Bertz CT molecular complexity index is 463. The maximum atomic E-state index is 2.66. The molecule has 0 aromatic rings. The van der Waals surface area contributed by atoms with Crippen molar-refractivity contribution in [3.8, 4) is 0 Å². The summed E-state index contributed by atoms with van der Waals surface area (Å²) in [5.74, 6) is 11.4. The average molecular weight is 303 g/mol. The molecule has 1 heteroatoms. The van der Waals surface area contributed by atoms with Gasteiger partial charge < -0.3 is 0 Å². The number of hydrogen-bond donors (Lipinski definition) is 0. The summed E-state index contributed by atoms with van der Waals surface area (Å²) in [5.41, 5.74) is 1.17. The molecule has 5 aliphatic carbocycles. The first-order valence-corrected chi connectivity index (χ1v) is 13.5. The first-order chi connectivity index (χ1) is 9.89. The molecule has 0 spiro atoms. The maximum Gasteiger partial charge on any atom is 0.0476 e. The molecule has 0 aromatic carbocycles. The molecular weight excluding hydrogens is 268 g/mol. The van der Waals surface area contributed by atoms with Crippen LogP contribution in [0.4, 0.5) is 0 Å². The second-order valence-corrected chi connectivity index (χ2v) is 16.3. The van der Waals surface area contributed by atoms with Crippen molar-refractivity contribution in [2.45, 2.75) is 64.7 Å². The highest BCUT2D eigenvalue weighted by atomic mass is 28.3. The van der Waals surface area contributed by atoms with E-state index in [4.69, 9.17) is 0 Å². The van der Waals surface area contributed by atoms with Crippen LogP contribution >= 0.6 is 0 Å². The van der Waals surface area contributed by atoms with E-state index in [1.807, 2.05) is 0 Å². The van der Waals surface area contributed by atoms with E-state index in [2.05, 4.69) is 33.5 Å². The van der Waals surface area contributed by atoms with Gasteiger partial charge in [0.15, 0.2) is 0 Å². The van der Waals surface area contributed by atoms with Gasteiger partial charge in [-0.2, -0.15) is 0 Å². The van der Waals surface area contributed by atoms with Crippen LogP contribution in [0, 0.1) is 59.2 Å². The van der Waals surface area contributed by atoms with Gasteiger partial charge in [-0.25, -0.2) is 0 Å². The lowest BCUT2D eigenvalue weighted by molar-refractivity contribution is 0.0235. The molecule has 5 fully saturated rings. The molecule has 0 aromatic heterocycles. The van der Waals surface area contributed by atoms with Crippen molar-refractivity contribution in [1.29, 1.82) is 0 Å². The van der Waals surface area contributed by atoms with Gasteiger partial charge in [0, 0.05) is 8.07 Å². The van der Waals surface area contributed by atoms with Gasteiger partial charge in [-0.1, -0.05) is 39.9 Å². The third-order valence-corrected chi connectivity index (χ3v) is 12.5. The minimum absolute atomic E-state index is 0.943. The molecule has 11 unspecified atom stereocenters. The fourth-order valence-corrected chi connectivity index (χ4v) is 11.7. The van der Waals surface area contributed by atoms with E-state index in [9.17, 15) is 0 Å². The highest BCUT2D eigenvalue weighted by Gasteiger charge is 2.70. The summed E-state index contributed by atoms with van der Waals surface area (Å²) in [5, 5.41) is 0. The molecule has 5 aliphatic rings. The molecule has 0 nitrogen and oxygen atoms in total. The highest BCUT2D eigenvalue weighted by molar-refractivity contribution is 6.77.